The van der Waals surface area contributed by atoms with Gasteiger partial charge in [-0.3, -0.25) is 0 Å². The fourth-order valence-electron chi connectivity index (χ4n) is 0.753. The van der Waals surface area contributed by atoms with E-state index in [1.807, 2.05) is 0 Å². The van der Waals surface area contributed by atoms with Gasteiger partial charge in [0, 0.05) is 13.2 Å². The SMILES string of the molecule is COCOCC1=CC(=O)OC1. The van der Waals surface area contributed by atoms with E-state index in [2.05, 4.69) is 9.47 Å². The van der Waals surface area contributed by atoms with Crippen molar-refractivity contribution >= 4 is 5.97 Å². The van der Waals surface area contributed by atoms with Gasteiger partial charge in [-0.2, -0.15) is 0 Å². The van der Waals surface area contributed by atoms with Gasteiger partial charge in [0.25, 0.3) is 0 Å². The fourth-order valence-corrected chi connectivity index (χ4v) is 0.753. The van der Waals surface area contributed by atoms with Crippen molar-refractivity contribution in [2.24, 2.45) is 0 Å². The highest BCUT2D eigenvalue weighted by Crippen LogP contribution is 2.05. The lowest BCUT2D eigenvalue weighted by molar-refractivity contribution is -0.135. The second kappa shape index (κ2) is 4.10. The normalized spacial score (nSPS) is 16.5. The van der Waals surface area contributed by atoms with Gasteiger partial charge in [-0.05, 0) is 5.57 Å². The Hall–Kier alpha value is -0.870. The Bertz CT molecular complexity index is 173. The van der Waals surface area contributed by atoms with E-state index in [0.717, 1.165) is 5.57 Å². The zero-order chi connectivity index (χ0) is 8.10. The largest absolute Gasteiger partial charge is 0.458 e. The first-order valence-corrected chi connectivity index (χ1v) is 3.26. The van der Waals surface area contributed by atoms with Crippen molar-refractivity contribution in [1.29, 1.82) is 0 Å². The Morgan fingerprint density at radius 2 is 2.55 bits per heavy atom. The van der Waals surface area contributed by atoms with Crippen molar-refractivity contribution < 1.29 is 19.0 Å². The molecule has 0 fully saturated rings. The first-order chi connectivity index (χ1) is 5.33. The van der Waals surface area contributed by atoms with Crippen molar-refractivity contribution in [2.45, 2.75) is 0 Å². The number of hydrogen-bond acceptors (Lipinski definition) is 4. The van der Waals surface area contributed by atoms with E-state index in [1.54, 1.807) is 7.11 Å². The molecule has 1 aliphatic heterocycles. The van der Waals surface area contributed by atoms with Crippen LogP contribution >= 0.6 is 0 Å². The van der Waals surface area contributed by atoms with Crippen molar-refractivity contribution in [3.8, 4) is 0 Å². The summed E-state index contributed by atoms with van der Waals surface area (Å²) in [5.74, 6) is -0.291. The maximum atomic E-state index is 10.5. The average molecular weight is 158 g/mol. The molecule has 11 heavy (non-hydrogen) atoms. The summed E-state index contributed by atoms with van der Waals surface area (Å²) in [7, 11) is 1.55. The summed E-state index contributed by atoms with van der Waals surface area (Å²) in [6.07, 6.45) is 1.44. The molecule has 4 heteroatoms. The molecule has 0 aromatic rings. The summed E-state index contributed by atoms with van der Waals surface area (Å²) in [5, 5.41) is 0. The van der Waals surface area contributed by atoms with Crippen LogP contribution in [0.2, 0.25) is 0 Å². The van der Waals surface area contributed by atoms with Gasteiger partial charge in [-0.1, -0.05) is 0 Å². The number of esters is 1. The summed E-state index contributed by atoms with van der Waals surface area (Å²) in [5.41, 5.74) is 0.854. The Morgan fingerprint density at radius 1 is 1.73 bits per heavy atom. The maximum absolute atomic E-state index is 10.5. The highest BCUT2D eigenvalue weighted by atomic mass is 16.7. The minimum Gasteiger partial charge on any atom is -0.458 e. The third-order valence-electron chi connectivity index (χ3n) is 1.21. The summed E-state index contributed by atoms with van der Waals surface area (Å²) in [4.78, 5) is 10.5. The molecule has 0 aromatic heterocycles. The number of carbonyl (C=O) groups is 1. The quantitative estimate of drug-likeness (QED) is 0.330. The van der Waals surface area contributed by atoms with Crippen LogP contribution in [0.15, 0.2) is 11.6 Å². The monoisotopic (exact) mass is 158 g/mol. The lowest BCUT2D eigenvalue weighted by Gasteiger charge is -2.00. The highest BCUT2D eigenvalue weighted by molar-refractivity contribution is 5.85. The summed E-state index contributed by atoms with van der Waals surface area (Å²) >= 11 is 0. The Kier molecular flexibility index (Phi) is 3.07. The maximum Gasteiger partial charge on any atom is 0.331 e. The van der Waals surface area contributed by atoms with Gasteiger partial charge in [0.15, 0.2) is 0 Å². The van der Waals surface area contributed by atoms with Gasteiger partial charge in [0.1, 0.15) is 13.4 Å². The van der Waals surface area contributed by atoms with E-state index < -0.39 is 0 Å². The molecule has 0 atom stereocenters. The zero-order valence-electron chi connectivity index (χ0n) is 6.33. The summed E-state index contributed by atoms with van der Waals surface area (Å²) in [6.45, 7) is 0.994. The molecule has 0 unspecified atom stereocenters. The van der Waals surface area contributed by atoms with Gasteiger partial charge in [-0.25, -0.2) is 4.79 Å². The fraction of sp³-hybridized carbons (Fsp3) is 0.571. The van der Waals surface area contributed by atoms with Crippen LogP contribution in [0.3, 0.4) is 0 Å². The summed E-state index contributed by atoms with van der Waals surface area (Å²) in [6, 6.07) is 0. The smallest absolute Gasteiger partial charge is 0.331 e. The van der Waals surface area contributed by atoms with Crippen molar-refractivity contribution in [1.82, 2.24) is 0 Å². The van der Waals surface area contributed by atoms with Crippen LogP contribution in [-0.4, -0.2) is 33.1 Å². The summed E-state index contributed by atoms with van der Waals surface area (Å²) < 4.78 is 14.3. The van der Waals surface area contributed by atoms with E-state index in [-0.39, 0.29) is 12.8 Å². The first-order valence-electron chi connectivity index (χ1n) is 3.26. The second-order valence-electron chi connectivity index (χ2n) is 2.17. The molecule has 0 bridgehead atoms. The zero-order valence-corrected chi connectivity index (χ0v) is 6.33. The molecular formula is C7H10O4. The van der Waals surface area contributed by atoms with E-state index >= 15 is 0 Å². The van der Waals surface area contributed by atoms with E-state index in [9.17, 15) is 4.79 Å². The molecule has 0 saturated carbocycles. The molecule has 1 aliphatic rings. The number of methoxy groups -OCH3 is 1. The molecule has 1 rings (SSSR count). The molecule has 0 amide bonds. The molecule has 62 valence electrons. The van der Waals surface area contributed by atoms with Crippen LogP contribution in [0.25, 0.3) is 0 Å². The standard InChI is InChI=1S/C7H10O4/c1-9-5-10-3-6-2-7(8)11-4-6/h2H,3-5H2,1H3. The van der Waals surface area contributed by atoms with E-state index in [1.165, 1.54) is 6.08 Å². The van der Waals surface area contributed by atoms with Crippen LogP contribution in [0, 0.1) is 0 Å². The van der Waals surface area contributed by atoms with Gasteiger partial charge in [-0.15, -0.1) is 0 Å². The molecule has 1 heterocycles. The van der Waals surface area contributed by atoms with Gasteiger partial charge in [0.2, 0.25) is 0 Å². The van der Waals surface area contributed by atoms with Crippen LogP contribution in [0.5, 0.6) is 0 Å². The predicted molar refractivity (Wildman–Crippen MR) is 36.9 cm³/mol. The minimum absolute atomic E-state index is 0.242. The second-order valence-corrected chi connectivity index (χ2v) is 2.17. The first kappa shape index (κ1) is 8.23. The van der Waals surface area contributed by atoms with E-state index in [0.29, 0.717) is 13.2 Å². The molecule has 4 nitrogen and oxygen atoms in total. The van der Waals surface area contributed by atoms with Gasteiger partial charge < -0.3 is 14.2 Å². The molecule has 0 radical (unpaired) electrons. The predicted octanol–water partition coefficient (Wildman–Crippen LogP) is 0.0901. The van der Waals surface area contributed by atoms with Gasteiger partial charge >= 0.3 is 5.97 Å². The third kappa shape index (κ3) is 2.69. The molecule has 0 aromatic carbocycles. The average Bonchev–Trinajstić information content (AvgIpc) is 2.37. The molecule has 0 spiro atoms. The third-order valence-corrected chi connectivity index (χ3v) is 1.21. The number of hydrogen-bond donors (Lipinski definition) is 0. The van der Waals surface area contributed by atoms with Crippen molar-refractivity contribution in [3.63, 3.8) is 0 Å². The van der Waals surface area contributed by atoms with Crippen LogP contribution in [0.4, 0.5) is 0 Å². The number of rotatable bonds is 4. The topological polar surface area (TPSA) is 44.8 Å². The lowest BCUT2D eigenvalue weighted by atomic mass is 10.3. The molecule has 0 N–H and O–H groups in total. The van der Waals surface area contributed by atoms with Crippen molar-refractivity contribution in [2.75, 3.05) is 27.1 Å². The van der Waals surface area contributed by atoms with Gasteiger partial charge in [0.05, 0.1) is 6.61 Å². The minimum atomic E-state index is -0.291. The highest BCUT2D eigenvalue weighted by Gasteiger charge is 2.11. The Balaban J connectivity index is 2.17. The van der Waals surface area contributed by atoms with Crippen LogP contribution in [-0.2, 0) is 19.0 Å². The number of ether oxygens (including phenoxy) is 3. The van der Waals surface area contributed by atoms with Crippen LogP contribution < -0.4 is 0 Å². The van der Waals surface area contributed by atoms with E-state index in [4.69, 9.17) is 4.74 Å². The van der Waals surface area contributed by atoms with Crippen molar-refractivity contribution in [3.05, 3.63) is 11.6 Å². The lowest BCUT2D eigenvalue weighted by Crippen LogP contribution is -2.02. The Labute approximate surface area is 64.7 Å². The van der Waals surface area contributed by atoms with Crippen LogP contribution in [0.1, 0.15) is 0 Å². The molecule has 0 aliphatic carbocycles. The molecule has 0 saturated heterocycles. The number of cyclic esters (lactones) is 1. The molecular weight excluding hydrogens is 148 g/mol. The number of carbonyl (C=O) groups excluding carboxylic acids is 1. The Morgan fingerprint density at radius 3 is 3.09 bits per heavy atom.